The average Bonchev–Trinajstić information content (AvgIpc) is 3.01. The number of nitrogens with zero attached hydrogens (tertiary/aromatic N) is 2. The SMILES string of the molecule is CCOc1ccc2c(c1)c(CC(=O)Nc1ccncc1)c(Cl)n2Cc1ccc(Cl)cc1. The van der Waals surface area contributed by atoms with Gasteiger partial charge in [-0.2, -0.15) is 0 Å². The van der Waals surface area contributed by atoms with Crippen LogP contribution in [0.2, 0.25) is 10.2 Å². The maximum atomic E-state index is 12.7. The zero-order valence-corrected chi connectivity index (χ0v) is 18.5. The number of carbonyl (C=O) groups is 1. The Labute approximate surface area is 190 Å². The fraction of sp³-hybridized carbons (Fsp3) is 0.167. The quantitative estimate of drug-likeness (QED) is 0.374. The fourth-order valence-corrected chi connectivity index (χ4v) is 3.97. The van der Waals surface area contributed by atoms with E-state index in [1.807, 2.05) is 54.0 Å². The summed E-state index contributed by atoms with van der Waals surface area (Å²) in [7, 11) is 0. The van der Waals surface area contributed by atoms with Crippen molar-refractivity contribution in [3.63, 3.8) is 0 Å². The van der Waals surface area contributed by atoms with Crippen LogP contribution in [0.25, 0.3) is 10.9 Å². The van der Waals surface area contributed by atoms with Crippen LogP contribution in [0.3, 0.4) is 0 Å². The van der Waals surface area contributed by atoms with Gasteiger partial charge in [0.15, 0.2) is 0 Å². The van der Waals surface area contributed by atoms with Crippen molar-refractivity contribution in [1.29, 1.82) is 0 Å². The third kappa shape index (κ3) is 4.84. The number of fused-ring (bicyclic) bond motifs is 1. The van der Waals surface area contributed by atoms with Crippen molar-refractivity contribution in [2.45, 2.75) is 19.9 Å². The molecular weight excluding hydrogens is 433 g/mol. The van der Waals surface area contributed by atoms with E-state index in [4.69, 9.17) is 27.9 Å². The first-order chi connectivity index (χ1) is 15.0. The Morgan fingerprint density at radius 3 is 2.52 bits per heavy atom. The first kappa shape index (κ1) is 21.2. The number of anilines is 1. The molecule has 0 atom stereocenters. The van der Waals surface area contributed by atoms with Crippen molar-refractivity contribution in [1.82, 2.24) is 9.55 Å². The van der Waals surface area contributed by atoms with Gasteiger partial charge in [0.05, 0.1) is 18.5 Å². The van der Waals surface area contributed by atoms with E-state index in [9.17, 15) is 4.79 Å². The molecule has 0 saturated heterocycles. The van der Waals surface area contributed by atoms with E-state index in [1.165, 1.54) is 0 Å². The highest BCUT2D eigenvalue weighted by Crippen LogP contribution is 2.34. The normalized spacial score (nSPS) is 10.9. The summed E-state index contributed by atoms with van der Waals surface area (Å²) in [6.07, 6.45) is 3.41. The summed E-state index contributed by atoms with van der Waals surface area (Å²) in [4.78, 5) is 16.7. The minimum Gasteiger partial charge on any atom is -0.494 e. The number of aromatic nitrogens is 2. The lowest BCUT2D eigenvalue weighted by atomic mass is 10.1. The van der Waals surface area contributed by atoms with Gasteiger partial charge in [0.25, 0.3) is 0 Å². The first-order valence-electron chi connectivity index (χ1n) is 9.93. The number of halogens is 2. The second kappa shape index (κ2) is 9.41. The van der Waals surface area contributed by atoms with E-state index in [2.05, 4.69) is 10.3 Å². The van der Waals surface area contributed by atoms with Crippen molar-refractivity contribution in [2.75, 3.05) is 11.9 Å². The Morgan fingerprint density at radius 2 is 1.81 bits per heavy atom. The molecule has 2 aromatic carbocycles. The molecule has 0 bridgehead atoms. The van der Waals surface area contributed by atoms with E-state index in [-0.39, 0.29) is 12.3 Å². The van der Waals surface area contributed by atoms with E-state index in [1.54, 1.807) is 24.5 Å². The molecule has 1 amide bonds. The van der Waals surface area contributed by atoms with Gasteiger partial charge in [-0.3, -0.25) is 9.78 Å². The molecule has 7 heteroatoms. The Bertz CT molecular complexity index is 1210. The van der Waals surface area contributed by atoms with E-state index in [0.717, 1.165) is 27.8 Å². The third-order valence-corrected chi connectivity index (χ3v) is 5.62. The van der Waals surface area contributed by atoms with Crippen LogP contribution >= 0.6 is 23.2 Å². The van der Waals surface area contributed by atoms with Gasteiger partial charge in [-0.15, -0.1) is 0 Å². The summed E-state index contributed by atoms with van der Waals surface area (Å²) in [6, 6.07) is 17.0. The number of pyridine rings is 1. The lowest BCUT2D eigenvalue weighted by Gasteiger charge is -2.09. The van der Waals surface area contributed by atoms with Gasteiger partial charge in [0.2, 0.25) is 5.91 Å². The number of benzene rings is 2. The Hall–Kier alpha value is -3.02. The summed E-state index contributed by atoms with van der Waals surface area (Å²) >= 11 is 12.8. The third-order valence-electron chi connectivity index (χ3n) is 4.94. The van der Waals surface area contributed by atoms with Crippen molar-refractivity contribution in [2.24, 2.45) is 0 Å². The lowest BCUT2D eigenvalue weighted by Crippen LogP contribution is -2.14. The summed E-state index contributed by atoms with van der Waals surface area (Å²) in [5, 5.41) is 5.01. The Kier molecular flexibility index (Phi) is 6.44. The van der Waals surface area contributed by atoms with E-state index >= 15 is 0 Å². The number of carbonyl (C=O) groups excluding carboxylic acids is 1. The number of amides is 1. The standard InChI is InChI=1S/C24H21Cl2N3O2/c1-2-31-19-7-8-22-20(13-19)21(14-23(30)28-18-9-11-27-12-10-18)24(26)29(22)15-16-3-5-17(25)6-4-16/h3-13H,2,14-15H2,1H3,(H,27,28,30). The highest BCUT2D eigenvalue weighted by atomic mass is 35.5. The predicted molar refractivity (Wildman–Crippen MR) is 125 cm³/mol. The molecule has 0 aliphatic carbocycles. The molecule has 0 spiro atoms. The Morgan fingerprint density at radius 1 is 1.06 bits per heavy atom. The number of rotatable bonds is 7. The first-order valence-corrected chi connectivity index (χ1v) is 10.7. The summed E-state index contributed by atoms with van der Waals surface area (Å²) in [5.74, 6) is 0.589. The molecule has 0 saturated carbocycles. The molecule has 158 valence electrons. The largest absolute Gasteiger partial charge is 0.494 e. The molecule has 1 N–H and O–H groups in total. The predicted octanol–water partition coefficient (Wildman–Crippen LogP) is 5.97. The van der Waals surface area contributed by atoms with Gasteiger partial charge >= 0.3 is 0 Å². The maximum Gasteiger partial charge on any atom is 0.228 e. The van der Waals surface area contributed by atoms with Gasteiger partial charge in [0.1, 0.15) is 10.9 Å². The van der Waals surface area contributed by atoms with Crippen LogP contribution in [0.1, 0.15) is 18.1 Å². The van der Waals surface area contributed by atoms with E-state index in [0.29, 0.717) is 29.0 Å². The highest BCUT2D eigenvalue weighted by molar-refractivity contribution is 6.32. The van der Waals surface area contributed by atoms with Gasteiger partial charge in [0, 0.05) is 40.6 Å². The van der Waals surface area contributed by atoms with Crippen molar-refractivity contribution in [3.8, 4) is 5.75 Å². The lowest BCUT2D eigenvalue weighted by molar-refractivity contribution is -0.115. The molecule has 0 aliphatic rings. The second-order valence-corrected chi connectivity index (χ2v) is 7.85. The molecule has 2 aromatic heterocycles. The summed E-state index contributed by atoms with van der Waals surface area (Å²) < 4.78 is 7.68. The molecule has 4 aromatic rings. The highest BCUT2D eigenvalue weighted by Gasteiger charge is 2.19. The summed E-state index contributed by atoms with van der Waals surface area (Å²) in [5.41, 5.74) is 3.45. The van der Waals surface area contributed by atoms with Crippen molar-refractivity contribution >= 4 is 45.7 Å². The number of hydrogen-bond acceptors (Lipinski definition) is 3. The number of hydrogen-bond donors (Lipinski definition) is 1. The minimum absolute atomic E-state index is 0.140. The Balaban J connectivity index is 1.71. The van der Waals surface area contributed by atoms with Crippen LogP contribution in [0.15, 0.2) is 67.0 Å². The van der Waals surface area contributed by atoms with Gasteiger partial charge in [-0.1, -0.05) is 35.3 Å². The molecular formula is C24H21Cl2N3O2. The number of nitrogens with one attached hydrogen (secondary N) is 1. The number of ether oxygens (including phenoxy) is 1. The molecule has 0 fully saturated rings. The molecule has 5 nitrogen and oxygen atoms in total. The van der Waals surface area contributed by atoms with Gasteiger partial charge in [-0.25, -0.2) is 0 Å². The van der Waals surface area contributed by atoms with Crippen LogP contribution in [-0.4, -0.2) is 22.1 Å². The smallest absolute Gasteiger partial charge is 0.228 e. The summed E-state index contributed by atoms with van der Waals surface area (Å²) in [6.45, 7) is 3.06. The maximum absolute atomic E-state index is 12.7. The molecule has 4 rings (SSSR count). The zero-order valence-electron chi connectivity index (χ0n) is 16.9. The fourth-order valence-electron chi connectivity index (χ4n) is 3.52. The topological polar surface area (TPSA) is 56.1 Å². The van der Waals surface area contributed by atoms with Gasteiger partial charge < -0.3 is 14.6 Å². The van der Waals surface area contributed by atoms with E-state index < -0.39 is 0 Å². The van der Waals surface area contributed by atoms with Crippen molar-refractivity contribution < 1.29 is 9.53 Å². The second-order valence-electron chi connectivity index (χ2n) is 7.05. The van der Waals surface area contributed by atoms with Crippen molar-refractivity contribution in [3.05, 3.63) is 88.3 Å². The van der Waals surface area contributed by atoms with Crippen LogP contribution in [0.4, 0.5) is 5.69 Å². The average molecular weight is 454 g/mol. The van der Waals surface area contributed by atoms with Gasteiger partial charge in [-0.05, 0) is 55.0 Å². The molecule has 0 radical (unpaired) electrons. The minimum atomic E-state index is -0.152. The zero-order chi connectivity index (χ0) is 21.8. The van der Waals surface area contributed by atoms with Crippen LogP contribution in [0.5, 0.6) is 5.75 Å². The molecule has 0 unspecified atom stereocenters. The van der Waals surface area contributed by atoms with Crippen LogP contribution in [0, 0.1) is 0 Å². The monoisotopic (exact) mass is 453 g/mol. The van der Waals surface area contributed by atoms with Crippen LogP contribution in [-0.2, 0) is 17.8 Å². The molecule has 2 heterocycles. The molecule has 31 heavy (non-hydrogen) atoms. The van der Waals surface area contributed by atoms with Crippen LogP contribution < -0.4 is 10.1 Å². The molecule has 0 aliphatic heterocycles.